The van der Waals surface area contributed by atoms with E-state index in [1.54, 1.807) is 0 Å². The molecular formula is C19H28N8O6S. The number of nitrogens with zero attached hydrogens (tertiary/aromatic N) is 2. The van der Waals surface area contributed by atoms with Gasteiger partial charge in [0, 0.05) is 42.4 Å². The minimum Gasteiger partial charge on any atom is -0.480 e. The van der Waals surface area contributed by atoms with E-state index in [9.17, 15) is 29.4 Å². The summed E-state index contributed by atoms with van der Waals surface area (Å²) in [5.74, 6) is -3.64. The largest absolute Gasteiger partial charge is 0.480 e. The number of nitrogens with one attached hydrogen (secondary N) is 5. The maximum absolute atomic E-state index is 13.0. The molecule has 5 atom stereocenters. The fourth-order valence-electron chi connectivity index (χ4n) is 2.92. The van der Waals surface area contributed by atoms with Crippen molar-refractivity contribution >= 4 is 36.3 Å². The molecule has 0 radical (unpaired) electrons. The molecule has 15 heteroatoms. The van der Waals surface area contributed by atoms with Crippen LogP contribution in [0.3, 0.4) is 0 Å². The molecule has 2 aromatic rings. The van der Waals surface area contributed by atoms with E-state index in [4.69, 9.17) is 5.73 Å². The van der Waals surface area contributed by atoms with Gasteiger partial charge in [-0.25, -0.2) is 14.8 Å². The van der Waals surface area contributed by atoms with Gasteiger partial charge in [0.25, 0.3) is 0 Å². The first-order valence-corrected chi connectivity index (χ1v) is 10.9. The van der Waals surface area contributed by atoms with Gasteiger partial charge in [-0.3, -0.25) is 14.4 Å². The lowest BCUT2D eigenvalue weighted by Gasteiger charge is -2.26. The van der Waals surface area contributed by atoms with E-state index in [2.05, 4.69) is 48.5 Å². The monoisotopic (exact) mass is 496 g/mol. The van der Waals surface area contributed by atoms with Gasteiger partial charge in [-0.1, -0.05) is 0 Å². The molecule has 5 unspecified atom stereocenters. The van der Waals surface area contributed by atoms with Gasteiger partial charge in [0.15, 0.2) is 0 Å². The molecule has 0 saturated carbocycles. The Bertz CT molecular complexity index is 952. The van der Waals surface area contributed by atoms with Crippen molar-refractivity contribution in [2.45, 2.75) is 50.0 Å². The van der Waals surface area contributed by atoms with Gasteiger partial charge in [0.05, 0.1) is 24.8 Å². The first kappa shape index (κ1) is 26.8. The molecule has 0 aliphatic heterocycles. The average molecular weight is 497 g/mol. The van der Waals surface area contributed by atoms with Crippen molar-refractivity contribution in [1.82, 2.24) is 35.9 Å². The van der Waals surface area contributed by atoms with Gasteiger partial charge in [-0.15, -0.1) is 0 Å². The van der Waals surface area contributed by atoms with E-state index in [0.717, 1.165) is 0 Å². The Morgan fingerprint density at radius 2 is 1.50 bits per heavy atom. The van der Waals surface area contributed by atoms with Crippen LogP contribution in [-0.4, -0.2) is 89.9 Å². The second-order valence-electron chi connectivity index (χ2n) is 7.54. The maximum Gasteiger partial charge on any atom is 0.326 e. The third kappa shape index (κ3) is 7.86. The summed E-state index contributed by atoms with van der Waals surface area (Å²) in [7, 11) is 0. The van der Waals surface area contributed by atoms with Crippen LogP contribution in [0.5, 0.6) is 0 Å². The molecule has 34 heavy (non-hydrogen) atoms. The molecule has 0 aliphatic carbocycles. The Hall–Kier alpha value is -3.43. The summed E-state index contributed by atoms with van der Waals surface area (Å²) in [6.07, 6.45) is 4.13. The molecule has 2 aromatic heterocycles. The third-order valence-electron chi connectivity index (χ3n) is 4.80. The predicted octanol–water partition coefficient (Wildman–Crippen LogP) is -2.91. The van der Waals surface area contributed by atoms with E-state index in [0.29, 0.717) is 11.4 Å². The lowest BCUT2D eigenvalue weighted by atomic mass is 10.1. The van der Waals surface area contributed by atoms with Gasteiger partial charge >= 0.3 is 5.97 Å². The number of nitrogens with two attached hydrogens (primary N) is 1. The first-order valence-electron chi connectivity index (χ1n) is 10.2. The Morgan fingerprint density at radius 3 is 1.94 bits per heavy atom. The highest BCUT2D eigenvalue weighted by Crippen LogP contribution is 2.04. The number of hydrogen-bond donors (Lipinski definition) is 9. The Kier molecular flexibility index (Phi) is 10.0. The number of carbonyl (C=O) groups excluding carboxylic acids is 3. The molecular weight excluding hydrogens is 468 g/mol. The molecule has 0 aromatic carbocycles. The number of aromatic amines is 2. The van der Waals surface area contributed by atoms with Gasteiger partial charge in [0.1, 0.15) is 18.1 Å². The van der Waals surface area contributed by atoms with Crippen LogP contribution in [-0.2, 0) is 32.0 Å². The molecule has 0 bridgehead atoms. The molecule has 14 nitrogen and oxygen atoms in total. The number of imidazole rings is 2. The van der Waals surface area contributed by atoms with E-state index in [-0.39, 0.29) is 18.6 Å². The molecule has 9 N–H and O–H groups in total. The van der Waals surface area contributed by atoms with E-state index < -0.39 is 54.0 Å². The van der Waals surface area contributed by atoms with Crippen molar-refractivity contribution in [3.63, 3.8) is 0 Å². The van der Waals surface area contributed by atoms with E-state index in [1.165, 1.54) is 32.0 Å². The fourth-order valence-corrected chi connectivity index (χ4v) is 3.09. The Balaban J connectivity index is 2.13. The Labute approximate surface area is 199 Å². The fraction of sp³-hybridized carbons (Fsp3) is 0.474. The van der Waals surface area contributed by atoms with Crippen molar-refractivity contribution < 1.29 is 29.4 Å². The molecule has 2 heterocycles. The zero-order valence-electron chi connectivity index (χ0n) is 18.3. The number of aliphatic hydroxyl groups is 1. The second-order valence-corrected chi connectivity index (χ2v) is 7.90. The van der Waals surface area contributed by atoms with Crippen LogP contribution in [0.15, 0.2) is 25.0 Å². The maximum atomic E-state index is 13.0. The molecule has 2 rings (SSSR count). The third-order valence-corrected chi connectivity index (χ3v) is 5.19. The highest BCUT2D eigenvalue weighted by molar-refractivity contribution is 7.80. The minimum absolute atomic E-state index is 0.0113. The topological polar surface area (TPSA) is 228 Å². The molecule has 0 fully saturated rings. The highest BCUT2D eigenvalue weighted by atomic mass is 32.1. The predicted molar refractivity (Wildman–Crippen MR) is 122 cm³/mol. The van der Waals surface area contributed by atoms with Crippen molar-refractivity contribution in [3.8, 4) is 0 Å². The van der Waals surface area contributed by atoms with Crippen molar-refractivity contribution in [1.29, 1.82) is 0 Å². The number of hydrogen-bond acceptors (Lipinski definition) is 9. The SMILES string of the molecule is CC(O)C(NC(=O)C(Cc1cnc[nH]1)NC(=O)C(N)CS)C(=O)NC(Cc1cnc[nH]1)C(=O)O. The molecule has 0 aliphatic rings. The average Bonchev–Trinajstić information content (AvgIpc) is 3.49. The van der Waals surface area contributed by atoms with Gasteiger partial charge in [-0.05, 0) is 6.92 Å². The number of aromatic nitrogens is 4. The van der Waals surface area contributed by atoms with Gasteiger partial charge in [-0.2, -0.15) is 12.6 Å². The lowest BCUT2D eigenvalue weighted by molar-refractivity contribution is -0.143. The quantitative estimate of drug-likeness (QED) is 0.129. The number of thiol groups is 1. The minimum atomic E-state index is -1.50. The standard InChI is InChI=1S/C19H28N8O6S/c1-9(28)15(18(31)26-14(19(32)33)3-11-5-22-8-24-11)27-17(30)13(2-10-4-21-7-23-10)25-16(29)12(20)6-34/h4-5,7-9,12-15,28,34H,2-3,6,20H2,1H3,(H,21,23)(H,22,24)(H,25,29)(H,26,31)(H,27,30)(H,32,33). The smallest absolute Gasteiger partial charge is 0.326 e. The van der Waals surface area contributed by atoms with Crippen LogP contribution in [0.25, 0.3) is 0 Å². The van der Waals surface area contributed by atoms with Crippen LogP contribution in [0.2, 0.25) is 0 Å². The summed E-state index contributed by atoms with van der Waals surface area (Å²) in [5.41, 5.74) is 6.65. The lowest BCUT2D eigenvalue weighted by Crippen LogP contribution is -2.60. The highest BCUT2D eigenvalue weighted by Gasteiger charge is 2.33. The summed E-state index contributed by atoms with van der Waals surface area (Å²) >= 11 is 3.96. The van der Waals surface area contributed by atoms with Gasteiger partial charge in [0.2, 0.25) is 17.7 Å². The second kappa shape index (κ2) is 12.7. The summed E-state index contributed by atoms with van der Waals surface area (Å²) in [6, 6.07) is -5.00. The number of carbonyl (C=O) groups is 4. The number of H-pyrrole nitrogens is 2. The summed E-state index contributed by atoms with van der Waals surface area (Å²) in [6.45, 7) is 1.26. The number of carboxylic acid groups (broad SMARTS) is 1. The molecule has 0 spiro atoms. The number of aliphatic hydroxyl groups excluding tert-OH is 1. The summed E-state index contributed by atoms with van der Waals surface area (Å²) in [4.78, 5) is 62.8. The van der Waals surface area contributed by atoms with Crippen LogP contribution < -0.4 is 21.7 Å². The van der Waals surface area contributed by atoms with E-state index in [1.807, 2.05) is 0 Å². The van der Waals surface area contributed by atoms with Crippen LogP contribution in [0.1, 0.15) is 18.3 Å². The zero-order valence-corrected chi connectivity index (χ0v) is 19.2. The van der Waals surface area contributed by atoms with Crippen molar-refractivity contribution in [2.75, 3.05) is 5.75 Å². The summed E-state index contributed by atoms with van der Waals surface area (Å²) in [5, 5.41) is 26.7. The number of carboxylic acids is 1. The van der Waals surface area contributed by atoms with Crippen LogP contribution in [0, 0.1) is 0 Å². The van der Waals surface area contributed by atoms with Crippen molar-refractivity contribution in [2.24, 2.45) is 5.73 Å². The number of amides is 3. The first-order chi connectivity index (χ1) is 16.1. The molecule has 186 valence electrons. The number of rotatable bonds is 13. The van der Waals surface area contributed by atoms with Crippen LogP contribution in [0.4, 0.5) is 0 Å². The van der Waals surface area contributed by atoms with Crippen molar-refractivity contribution in [3.05, 3.63) is 36.4 Å². The van der Waals surface area contributed by atoms with E-state index >= 15 is 0 Å². The summed E-state index contributed by atoms with van der Waals surface area (Å²) < 4.78 is 0. The normalized spacial score (nSPS) is 15.4. The van der Waals surface area contributed by atoms with Gasteiger partial charge < -0.3 is 41.9 Å². The Morgan fingerprint density at radius 1 is 0.971 bits per heavy atom. The molecule has 0 saturated heterocycles. The number of aliphatic carboxylic acids is 1. The zero-order chi connectivity index (χ0) is 25.3. The van der Waals surface area contributed by atoms with Crippen LogP contribution >= 0.6 is 12.6 Å². The molecule has 3 amide bonds.